The van der Waals surface area contributed by atoms with Gasteiger partial charge in [-0.15, -0.1) is 0 Å². The lowest BCUT2D eigenvalue weighted by Crippen LogP contribution is -2.46. The van der Waals surface area contributed by atoms with Gasteiger partial charge in [-0.05, 0) is 12.8 Å². The molecule has 0 N–H and O–H groups in total. The van der Waals surface area contributed by atoms with E-state index in [1.165, 1.54) is 0 Å². The van der Waals surface area contributed by atoms with Crippen molar-refractivity contribution >= 4 is 15.9 Å². The van der Waals surface area contributed by atoms with Gasteiger partial charge in [-0.2, -0.15) is 13.2 Å². The van der Waals surface area contributed by atoms with Gasteiger partial charge in [0.25, 0.3) is 5.79 Å². The Balaban J connectivity index is 2.54. The molecule has 1 rings (SSSR count). The van der Waals surface area contributed by atoms with E-state index in [0.29, 0.717) is 18.2 Å². The number of hydrogen-bond acceptors (Lipinski definition) is 2. The largest absolute Gasteiger partial charge is 0.443 e. The summed E-state index contributed by atoms with van der Waals surface area (Å²) in [6.45, 7) is 0.0433. The van der Waals surface area contributed by atoms with Crippen molar-refractivity contribution in [1.29, 1.82) is 0 Å². The summed E-state index contributed by atoms with van der Waals surface area (Å²) in [5.41, 5.74) is 0. The Labute approximate surface area is 88.9 Å². The molecule has 0 amide bonds. The van der Waals surface area contributed by atoms with Crippen LogP contribution in [0.1, 0.15) is 19.3 Å². The van der Waals surface area contributed by atoms with Crippen molar-refractivity contribution in [3.05, 3.63) is 0 Å². The molecular formula is C8H12BrF3O2. The number of unbranched alkanes of at least 4 members (excludes halogenated alkanes) is 1. The van der Waals surface area contributed by atoms with Crippen LogP contribution in [0.5, 0.6) is 0 Å². The van der Waals surface area contributed by atoms with Crippen LogP contribution in [0.2, 0.25) is 0 Å². The van der Waals surface area contributed by atoms with Crippen LogP contribution < -0.4 is 0 Å². The van der Waals surface area contributed by atoms with Crippen LogP contribution >= 0.6 is 15.9 Å². The van der Waals surface area contributed by atoms with E-state index in [4.69, 9.17) is 0 Å². The highest BCUT2D eigenvalue weighted by atomic mass is 79.9. The zero-order chi connectivity index (χ0) is 10.7. The summed E-state index contributed by atoms with van der Waals surface area (Å²) in [6, 6.07) is 0. The first-order valence-corrected chi connectivity index (χ1v) is 5.54. The van der Waals surface area contributed by atoms with Gasteiger partial charge < -0.3 is 9.47 Å². The van der Waals surface area contributed by atoms with Crippen molar-refractivity contribution in [2.24, 2.45) is 0 Å². The van der Waals surface area contributed by atoms with Gasteiger partial charge in [0, 0.05) is 11.8 Å². The van der Waals surface area contributed by atoms with Crippen molar-refractivity contribution in [2.75, 3.05) is 18.5 Å². The van der Waals surface area contributed by atoms with Crippen LogP contribution in [0.25, 0.3) is 0 Å². The minimum atomic E-state index is -4.43. The Kier molecular flexibility index (Phi) is 4.21. The number of ether oxygens (including phenoxy) is 2. The van der Waals surface area contributed by atoms with Crippen LogP contribution in [-0.4, -0.2) is 30.5 Å². The lowest BCUT2D eigenvalue weighted by Gasteiger charge is -2.29. The monoisotopic (exact) mass is 276 g/mol. The summed E-state index contributed by atoms with van der Waals surface area (Å²) in [5.74, 6) is -2.34. The molecule has 0 spiro atoms. The molecule has 14 heavy (non-hydrogen) atoms. The number of halogens is 4. The molecule has 0 atom stereocenters. The fourth-order valence-electron chi connectivity index (χ4n) is 1.36. The van der Waals surface area contributed by atoms with Crippen molar-refractivity contribution in [3.63, 3.8) is 0 Å². The van der Waals surface area contributed by atoms with Gasteiger partial charge >= 0.3 is 6.18 Å². The normalized spacial score (nSPS) is 21.4. The molecule has 0 aliphatic carbocycles. The van der Waals surface area contributed by atoms with Gasteiger partial charge in [0.05, 0.1) is 13.2 Å². The Morgan fingerprint density at radius 3 is 2.14 bits per heavy atom. The smallest absolute Gasteiger partial charge is 0.340 e. The topological polar surface area (TPSA) is 18.5 Å². The third kappa shape index (κ3) is 2.61. The highest BCUT2D eigenvalue weighted by Gasteiger charge is 2.59. The second-order valence-corrected chi connectivity index (χ2v) is 3.89. The molecule has 0 bridgehead atoms. The second-order valence-electron chi connectivity index (χ2n) is 3.09. The Morgan fingerprint density at radius 1 is 1.14 bits per heavy atom. The minimum absolute atomic E-state index is 0.0216. The molecule has 2 nitrogen and oxygen atoms in total. The lowest BCUT2D eigenvalue weighted by atomic mass is 10.1. The average molecular weight is 277 g/mol. The Morgan fingerprint density at radius 2 is 1.71 bits per heavy atom. The molecule has 84 valence electrons. The third-order valence-electron chi connectivity index (χ3n) is 2.08. The summed E-state index contributed by atoms with van der Waals surface area (Å²) in [4.78, 5) is 0. The molecule has 1 heterocycles. The maximum atomic E-state index is 12.6. The van der Waals surface area contributed by atoms with Gasteiger partial charge in [0.1, 0.15) is 0 Å². The molecule has 0 aromatic rings. The van der Waals surface area contributed by atoms with E-state index in [1.54, 1.807) is 0 Å². The predicted molar refractivity (Wildman–Crippen MR) is 48.3 cm³/mol. The van der Waals surface area contributed by atoms with Gasteiger partial charge in [0.2, 0.25) is 0 Å². The highest BCUT2D eigenvalue weighted by molar-refractivity contribution is 9.09. The van der Waals surface area contributed by atoms with Gasteiger partial charge in [-0.25, -0.2) is 0 Å². The molecule has 1 fully saturated rings. The van der Waals surface area contributed by atoms with E-state index in [1.807, 2.05) is 0 Å². The zero-order valence-corrected chi connectivity index (χ0v) is 9.16. The molecule has 1 saturated heterocycles. The maximum Gasteiger partial charge on any atom is 0.443 e. The first-order chi connectivity index (χ1) is 6.52. The number of rotatable bonds is 4. The van der Waals surface area contributed by atoms with Crippen molar-refractivity contribution in [2.45, 2.75) is 31.2 Å². The zero-order valence-electron chi connectivity index (χ0n) is 7.57. The first-order valence-electron chi connectivity index (χ1n) is 4.42. The second kappa shape index (κ2) is 4.81. The fourth-order valence-corrected chi connectivity index (χ4v) is 1.75. The number of hydrogen-bond donors (Lipinski definition) is 0. The van der Waals surface area contributed by atoms with Crippen LogP contribution in [0, 0.1) is 0 Å². The quantitative estimate of drug-likeness (QED) is 0.581. The molecule has 6 heteroatoms. The molecule has 0 saturated carbocycles. The van der Waals surface area contributed by atoms with Crippen LogP contribution in [-0.2, 0) is 9.47 Å². The van der Waals surface area contributed by atoms with Crippen LogP contribution in [0.4, 0.5) is 13.2 Å². The van der Waals surface area contributed by atoms with Crippen LogP contribution in [0.3, 0.4) is 0 Å². The van der Waals surface area contributed by atoms with E-state index in [9.17, 15) is 13.2 Å². The number of alkyl halides is 4. The van der Waals surface area contributed by atoms with Crippen molar-refractivity contribution in [1.82, 2.24) is 0 Å². The van der Waals surface area contributed by atoms with Crippen molar-refractivity contribution < 1.29 is 22.6 Å². The van der Waals surface area contributed by atoms with Gasteiger partial charge in [-0.1, -0.05) is 15.9 Å². The van der Waals surface area contributed by atoms with E-state index in [-0.39, 0.29) is 19.6 Å². The first kappa shape index (κ1) is 12.3. The summed E-state index contributed by atoms with van der Waals surface area (Å²) in [5, 5.41) is 0.695. The minimum Gasteiger partial charge on any atom is -0.340 e. The van der Waals surface area contributed by atoms with E-state index in [0.717, 1.165) is 0 Å². The van der Waals surface area contributed by atoms with Crippen molar-refractivity contribution in [3.8, 4) is 0 Å². The highest BCUT2D eigenvalue weighted by Crippen LogP contribution is 2.41. The molecule has 0 aromatic heterocycles. The summed E-state index contributed by atoms with van der Waals surface area (Å²) in [6.07, 6.45) is -3.44. The van der Waals surface area contributed by atoms with E-state index >= 15 is 0 Å². The molecular weight excluding hydrogens is 265 g/mol. The van der Waals surface area contributed by atoms with E-state index < -0.39 is 12.0 Å². The van der Waals surface area contributed by atoms with E-state index in [2.05, 4.69) is 25.4 Å². The summed E-state index contributed by atoms with van der Waals surface area (Å²) in [7, 11) is 0. The SMILES string of the molecule is FC(F)(F)C1(CCCCBr)OCCO1. The molecule has 1 aliphatic rings. The van der Waals surface area contributed by atoms with Gasteiger partial charge in [0.15, 0.2) is 0 Å². The lowest BCUT2D eigenvalue weighted by molar-refractivity contribution is -0.346. The molecule has 0 aromatic carbocycles. The Hall–Kier alpha value is 0.190. The molecule has 0 unspecified atom stereocenters. The summed E-state index contributed by atoms with van der Waals surface area (Å²) < 4.78 is 47.1. The summed E-state index contributed by atoms with van der Waals surface area (Å²) >= 11 is 3.16. The van der Waals surface area contributed by atoms with Crippen LogP contribution in [0.15, 0.2) is 0 Å². The third-order valence-corrected chi connectivity index (χ3v) is 2.64. The van der Waals surface area contributed by atoms with Gasteiger partial charge in [-0.3, -0.25) is 0 Å². The standard InChI is InChI=1S/C8H12BrF3O2/c9-4-2-1-3-7(8(10,11)12)13-5-6-14-7/h1-6H2. The average Bonchev–Trinajstić information content (AvgIpc) is 2.53. The Bertz CT molecular complexity index is 178. The fraction of sp³-hybridized carbons (Fsp3) is 1.00. The molecule has 1 aliphatic heterocycles. The predicted octanol–water partition coefficient (Wildman–Crippen LogP) is 2.86. The maximum absolute atomic E-state index is 12.6. The molecule has 0 radical (unpaired) electrons.